The molecule has 0 N–H and O–H groups in total. The maximum absolute atomic E-state index is 5.87. The van der Waals surface area contributed by atoms with Crippen LogP contribution >= 0.6 is 8.25 Å². The Kier molecular flexibility index (Phi) is 3.81. The van der Waals surface area contributed by atoms with Gasteiger partial charge in [0.05, 0.1) is 0 Å². The summed E-state index contributed by atoms with van der Waals surface area (Å²) in [4.78, 5) is 0. The Morgan fingerprint density at radius 3 is 3.00 bits per heavy atom. The first-order valence-electron chi connectivity index (χ1n) is 3.52. The van der Waals surface area contributed by atoms with E-state index in [-0.39, 0.29) is 0 Å². The van der Waals surface area contributed by atoms with Gasteiger partial charge in [-0.1, -0.05) is 0 Å². The molecule has 0 spiro atoms. The molecule has 2 atom stereocenters. The van der Waals surface area contributed by atoms with Crippen molar-refractivity contribution in [1.82, 2.24) is 0 Å². The molecule has 0 amide bonds. The Hall–Kier alpha value is 1.19. The van der Waals surface area contributed by atoms with E-state index in [4.69, 9.17) is 13.0 Å². The van der Waals surface area contributed by atoms with Crippen molar-refractivity contribution < 1.29 is 28.1 Å². The second-order valence-corrected chi connectivity index (χ2v) is 11.6. The summed E-state index contributed by atoms with van der Waals surface area (Å²) in [5.74, 6) is 0. The van der Waals surface area contributed by atoms with Crippen molar-refractivity contribution in [2.45, 2.75) is 29.3 Å². The van der Waals surface area contributed by atoms with Crippen LogP contribution in [0.3, 0.4) is 0 Å². The molecule has 1 heterocycles. The van der Waals surface area contributed by atoms with Gasteiger partial charge in [-0.2, -0.15) is 0 Å². The van der Waals surface area contributed by atoms with E-state index in [2.05, 4.69) is 6.92 Å². The third-order valence-electron chi connectivity index (χ3n) is 1.84. The van der Waals surface area contributed by atoms with Gasteiger partial charge in [-0.25, -0.2) is 0 Å². The molecule has 1 aliphatic heterocycles. The van der Waals surface area contributed by atoms with E-state index in [0.717, 1.165) is 10.0 Å². The Morgan fingerprint density at radius 1 is 1.78 bits per heavy atom. The number of hydrogen-bond donors (Lipinski definition) is 0. The van der Waals surface area contributed by atoms with Gasteiger partial charge in [0.25, 0.3) is 0 Å². The van der Waals surface area contributed by atoms with E-state index in [0.29, 0.717) is 6.10 Å². The SMILES string of the molecule is C[C@H]([Hg][Cl])[C@H]1CCCO1. The predicted molar refractivity (Wildman–Crippen MR) is 34.3 cm³/mol. The quantitative estimate of drug-likeness (QED) is 0.703. The van der Waals surface area contributed by atoms with Crippen LogP contribution < -0.4 is 0 Å². The van der Waals surface area contributed by atoms with Gasteiger partial charge in [0, 0.05) is 0 Å². The van der Waals surface area contributed by atoms with E-state index in [1.165, 1.54) is 12.8 Å². The molecule has 1 fully saturated rings. The van der Waals surface area contributed by atoms with Crippen molar-refractivity contribution in [2.75, 3.05) is 6.61 Å². The van der Waals surface area contributed by atoms with Gasteiger partial charge < -0.3 is 0 Å². The summed E-state index contributed by atoms with van der Waals surface area (Å²) in [6.07, 6.45) is 3.05. The van der Waals surface area contributed by atoms with Gasteiger partial charge in [0.15, 0.2) is 0 Å². The molecule has 0 saturated carbocycles. The summed E-state index contributed by atoms with van der Waals surface area (Å²) in [7, 11) is 5.87. The van der Waals surface area contributed by atoms with E-state index in [1.807, 2.05) is 0 Å². The number of ether oxygens (including phenoxy) is 1. The Bertz CT molecular complexity index is 83.1. The van der Waals surface area contributed by atoms with Crippen LogP contribution in [0.1, 0.15) is 19.8 Å². The normalized spacial score (nSPS) is 29.8. The van der Waals surface area contributed by atoms with Crippen LogP contribution in [0.4, 0.5) is 0 Å². The van der Waals surface area contributed by atoms with E-state index in [9.17, 15) is 0 Å². The molecule has 0 radical (unpaired) electrons. The van der Waals surface area contributed by atoms with Crippen molar-refractivity contribution in [3.05, 3.63) is 0 Å². The van der Waals surface area contributed by atoms with Crippen molar-refractivity contribution in [1.29, 1.82) is 0 Å². The molecule has 0 bridgehead atoms. The molecular formula is C6H11ClHgO. The maximum atomic E-state index is 5.87. The third kappa shape index (κ3) is 2.36. The van der Waals surface area contributed by atoms with Crippen molar-refractivity contribution >= 4 is 8.25 Å². The zero-order valence-electron chi connectivity index (χ0n) is 5.77. The molecule has 0 aromatic carbocycles. The van der Waals surface area contributed by atoms with Gasteiger partial charge in [-0.15, -0.1) is 0 Å². The summed E-state index contributed by atoms with van der Waals surface area (Å²) >= 11 is -0.986. The van der Waals surface area contributed by atoms with Crippen LogP contribution in [0.5, 0.6) is 0 Å². The average Bonchev–Trinajstić information content (AvgIpc) is 2.37. The van der Waals surface area contributed by atoms with Crippen LogP contribution in [0.25, 0.3) is 0 Å². The van der Waals surface area contributed by atoms with Crippen LogP contribution in [-0.4, -0.2) is 12.7 Å². The van der Waals surface area contributed by atoms with E-state index >= 15 is 0 Å². The summed E-state index contributed by atoms with van der Waals surface area (Å²) in [5.41, 5.74) is 0. The fraction of sp³-hybridized carbons (Fsp3) is 1.00. The molecule has 1 aliphatic rings. The third-order valence-corrected chi connectivity index (χ3v) is 10.1. The first kappa shape index (κ1) is 8.28. The zero-order chi connectivity index (χ0) is 6.69. The van der Waals surface area contributed by atoms with Crippen molar-refractivity contribution in [2.24, 2.45) is 0 Å². The van der Waals surface area contributed by atoms with Gasteiger partial charge in [-0.05, 0) is 0 Å². The second-order valence-electron chi connectivity index (χ2n) is 2.68. The fourth-order valence-electron chi connectivity index (χ4n) is 1.15. The Balaban J connectivity index is 2.24. The molecule has 1 rings (SSSR count). The molecule has 50 valence electrons. The van der Waals surface area contributed by atoms with Crippen molar-refractivity contribution in [3.63, 3.8) is 0 Å². The molecule has 0 unspecified atom stereocenters. The van der Waals surface area contributed by atoms with Crippen molar-refractivity contribution in [3.8, 4) is 0 Å². The topological polar surface area (TPSA) is 9.23 Å². The summed E-state index contributed by atoms with van der Waals surface area (Å²) in [6.45, 7) is 3.21. The molecule has 9 heavy (non-hydrogen) atoms. The minimum absolute atomic E-state index is 0.546. The van der Waals surface area contributed by atoms with Crippen LogP contribution in [-0.2, 0) is 28.1 Å². The van der Waals surface area contributed by atoms with E-state index < -0.39 is 23.3 Å². The van der Waals surface area contributed by atoms with Gasteiger partial charge in [0.1, 0.15) is 0 Å². The first-order chi connectivity index (χ1) is 4.34. The predicted octanol–water partition coefficient (Wildman–Crippen LogP) is 2.21. The van der Waals surface area contributed by atoms with E-state index in [1.54, 1.807) is 0 Å². The van der Waals surface area contributed by atoms with Crippen LogP contribution in [0.15, 0.2) is 0 Å². The Morgan fingerprint density at radius 2 is 2.56 bits per heavy atom. The number of hydrogen-bond acceptors (Lipinski definition) is 1. The molecule has 0 aliphatic carbocycles. The molecule has 3 heteroatoms. The molecule has 0 aromatic heterocycles. The average molecular weight is 335 g/mol. The fourth-order valence-corrected chi connectivity index (χ4v) is 5.11. The number of halogens is 1. The molecule has 1 nitrogen and oxygen atoms in total. The van der Waals surface area contributed by atoms with Crippen LogP contribution in [0.2, 0.25) is 3.43 Å². The molecule has 0 aromatic rings. The standard InChI is InChI=1S/C6H11O.ClH.Hg/c1-2-6-4-3-5-7-6;;/h2,6H,3-5H2,1H3;1H;/q;;+1/p-1/t6-;;/m0../s1. The Labute approximate surface area is 72.0 Å². The monoisotopic (exact) mass is 336 g/mol. The molecular weight excluding hydrogens is 324 g/mol. The minimum atomic E-state index is -0.986. The summed E-state index contributed by atoms with van der Waals surface area (Å²) < 4.78 is 6.24. The van der Waals surface area contributed by atoms with Crippen LogP contribution in [0, 0.1) is 0 Å². The van der Waals surface area contributed by atoms with Gasteiger partial charge in [0.2, 0.25) is 0 Å². The van der Waals surface area contributed by atoms with Gasteiger partial charge in [-0.3, -0.25) is 0 Å². The summed E-state index contributed by atoms with van der Waals surface area (Å²) in [6, 6.07) is 0. The first-order valence-corrected chi connectivity index (χ1v) is 13.5. The number of rotatable bonds is 2. The second kappa shape index (κ2) is 4.14. The zero-order valence-corrected chi connectivity index (χ0v) is 12.0. The summed E-state index contributed by atoms with van der Waals surface area (Å²) in [5, 5.41) is 0. The van der Waals surface area contributed by atoms with Gasteiger partial charge >= 0.3 is 72.2 Å². The molecule has 1 saturated heterocycles.